The third kappa shape index (κ3) is 12.1. The molecule has 0 amide bonds. The molecule has 0 spiro atoms. The van der Waals surface area contributed by atoms with E-state index in [1.54, 1.807) is 55.6 Å². The van der Waals surface area contributed by atoms with Crippen LogP contribution in [-0.2, 0) is 47.5 Å². The molecule has 18 atom stereocenters. The number of nitrogens with zero attached hydrogens (tertiary/aromatic N) is 2. The summed E-state index contributed by atoms with van der Waals surface area (Å²) in [7, 11) is 6.76. The van der Waals surface area contributed by atoms with Crippen molar-refractivity contribution in [3.05, 3.63) is 0 Å². The number of carbonyl (C=O) groups excluding carboxylic acids is 1. The first-order chi connectivity index (χ1) is 27.0. The normalized spacial score (nSPS) is 45.8. The van der Waals surface area contributed by atoms with Gasteiger partial charge in [-0.3, -0.25) is 4.79 Å². The predicted molar refractivity (Wildman–Crippen MR) is 212 cm³/mol. The quantitative estimate of drug-likeness (QED) is 0.0778. The van der Waals surface area contributed by atoms with Gasteiger partial charge in [-0.05, 0) is 74.9 Å². The molecule has 15 unspecified atom stereocenters. The van der Waals surface area contributed by atoms with Gasteiger partial charge in [0.1, 0.15) is 23.9 Å². The second-order valence-electron chi connectivity index (χ2n) is 17.7. The summed E-state index contributed by atoms with van der Waals surface area (Å²) in [5.74, 6) is -4.14. The van der Waals surface area contributed by atoms with Crippen molar-refractivity contribution in [1.29, 1.82) is 0 Å². The highest BCUT2D eigenvalue weighted by atomic mass is 16.7. The number of carbonyl (C=O) groups is 1. The highest BCUT2D eigenvalue weighted by Crippen LogP contribution is 2.41. The molecule has 17 heteroatoms. The van der Waals surface area contributed by atoms with Crippen molar-refractivity contribution in [2.45, 2.75) is 179 Å². The van der Waals surface area contributed by atoms with Crippen LogP contribution in [-0.4, -0.2) is 175 Å². The summed E-state index contributed by atoms with van der Waals surface area (Å²) < 4.78 is 48.1. The molecule has 3 heterocycles. The van der Waals surface area contributed by atoms with Crippen molar-refractivity contribution < 1.29 is 73.1 Å². The number of esters is 1. The molecule has 3 aliphatic rings. The third-order valence-corrected chi connectivity index (χ3v) is 12.6. The fraction of sp³-hybridized carbons (Fsp3) is 0.951. The number of aliphatic hydroxyl groups is 5. The number of cyclic esters (lactones) is 1. The van der Waals surface area contributed by atoms with Crippen molar-refractivity contribution in [1.82, 2.24) is 4.90 Å². The number of likely N-dealkylation sites (N-methyl/N-ethyl adjacent to an activating group) is 1. The Morgan fingerprint density at radius 2 is 1.55 bits per heavy atom. The lowest BCUT2D eigenvalue weighted by Crippen LogP contribution is -2.61. The summed E-state index contributed by atoms with van der Waals surface area (Å²) in [4.78, 5) is 21.8. The second-order valence-corrected chi connectivity index (χ2v) is 17.7. The van der Waals surface area contributed by atoms with E-state index in [1.165, 1.54) is 14.0 Å². The molecule has 0 aliphatic carbocycles. The molecule has 0 aromatic carbocycles. The van der Waals surface area contributed by atoms with E-state index in [0.29, 0.717) is 18.7 Å². The smallest absolute Gasteiger partial charge is 0.311 e. The van der Waals surface area contributed by atoms with Gasteiger partial charge in [0.2, 0.25) is 6.79 Å². The molecule has 0 radical (unpaired) electrons. The van der Waals surface area contributed by atoms with E-state index < -0.39 is 102 Å². The molecule has 0 aromatic rings. The number of oxime groups is 1. The minimum Gasteiger partial charge on any atom is -0.459 e. The maximum atomic E-state index is 14.3. The Kier molecular flexibility index (Phi) is 18.8. The highest BCUT2D eigenvalue weighted by molar-refractivity contribution is 5.88. The predicted octanol–water partition coefficient (Wildman–Crippen LogP) is 2.21. The summed E-state index contributed by atoms with van der Waals surface area (Å²) in [6.07, 6.45) is -9.49. The molecular weight excluding hydrogens is 760 g/mol. The highest BCUT2D eigenvalue weighted by Gasteiger charge is 2.53. The van der Waals surface area contributed by atoms with Crippen molar-refractivity contribution >= 4 is 11.7 Å². The molecule has 17 nitrogen and oxygen atoms in total. The Labute approximate surface area is 345 Å². The zero-order chi connectivity index (χ0) is 43.9. The van der Waals surface area contributed by atoms with Crippen LogP contribution in [0.2, 0.25) is 0 Å². The monoisotopic (exact) mass is 837 g/mol. The van der Waals surface area contributed by atoms with Gasteiger partial charge < -0.3 is 73.2 Å². The first-order valence-electron chi connectivity index (χ1n) is 20.8. The Morgan fingerprint density at radius 3 is 2.14 bits per heavy atom. The van der Waals surface area contributed by atoms with Crippen molar-refractivity contribution in [3.8, 4) is 0 Å². The third-order valence-electron chi connectivity index (χ3n) is 12.6. The largest absolute Gasteiger partial charge is 0.459 e. The summed E-state index contributed by atoms with van der Waals surface area (Å²) in [6.45, 7) is 17.3. The van der Waals surface area contributed by atoms with E-state index >= 15 is 0 Å². The van der Waals surface area contributed by atoms with E-state index in [9.17, 15) is 30.3 Å². The summed E-state index contributed by atoms with van der Waals surface area (Å²) >= 11 is 0. The molecule has 3 rings (SSSR count). The fourth-order valence-corrected chi connectivity index (χ4v) is 8.93. The molecule has 3 saturated heterocycles. The van der Waals surface area contributed by atoms with Crippen LogP contribution in [0, 0.1) is 23.7 Å². The van der Waals surface area contributed by atoms with Gasteiger partial charge in [-0.25, -0.2) is 0 Å². The maximum Gasteiger partial charge on any atom is 0.311 e. The molecule has 3 aliphatic heterocycles. The lowest BCUT2D eigenvalue weighted by atomic mass is 9.73. The van der Waals surface area contributed by atoms with Crippen LogP contribution in [0.15, 0.2) is 5.16 Å². The van der Waals surface area contributed by atoms with Gasteiger partial charge >= 0.3 is 5.97 Å². The molecule has 5 N–H and O–H groups in total. The van der Waals surface area contributed by atoms with Crippen LogP contribution in [0.1, 0.15) is 94.9 Å². The first-order valence-corrected chi connectivity index (χ1v) is 20.8. The van der Waals surface area contributed by atoms with Crippen LogP contribution in [0.4, 0.5) is 0 Å². The van der Waals surface area contributed by atoms with Crippen molar-refractivity contribution in [3.63, 3.8) is 0 Å². The Balaban J connectivity index is 2.22. The van der Waals surface area contributed by atoms with Gasteiger partial charge in [0.15, 0.2) is 12.6 Å². The summed E-state index contributed by atoms with van der Waals surface area (Å²) in [6, 6.07) is -0.328. The van der Waals surface area contributed by atoms with Crippen LogP contribution in [0.3, 0.4) is 0 Å². The molecule has 0 bridgehead atoms. The number of rotatable bonds is 13. The molecule has 0 saturated carbocycles. The van der Waals surface area contributed by atoms with Crippen LogP contribution in [0.25, 0.3) is 0 Å². The molecule has 58 heavy (non-hydrogen) atoms. The number of methoxy groups -OCH3 is 2. The molecule has 0 aromatic heterocycles. The van der Waals surface area contributed by atoms with Crippen LogP contribution in [0.5, 0.6) is 0 Å². The van der Waals surface area contributed by atoms with Gasteiger partial charge in [-0.1, -0.05) is 32.9 Å². The Bertz CT molecular complexity index is 1300. The second kappa shape index (κ2) is 21.5. The van der Waals surface area contributed by atoms with Crippen molar-refractivity contribution in [2.24, 2.45) is 28.8 Å². The lowest BCUT2D eigenvalue weighted by molar-refractivity contribution is -0.317. The lowest BCUT2D eigenvalue weighted by Gasteiger charge is -2.49. The number of hydrogen-bond donors (Lipinski definition) is 5. The topological polar surface area (TPSA) is 217 Å². The zero-order valence-corrected chi connectivity index (χ0v) is 37.3. The maximum absolute atomic E-state index is 14.3. The van der Waals surface area contributed by atoms with E-state index in [-0.39, 0.29) is 44.8 Å². The van der Waals surface area contributed by atoms with E-state index in [1.807, 2.05) is 32.8 Å². The van der Waals surface area contributed by atoms with E-state index in [4.69, 9.17) is 42.7 Å². The van der Waals surface area contributed by atoms with Gasteiger partial charge in [-0.2, -0.15) is 0 Å². The Morgan fingerprint density at radius 1 is 0.897 bits per heavy atom. The average molecular weight is 837 g/mol. The average Bonchev–Trinajstić information content (AvgIpc) is 3.15. The van der Waals surface area contributed by atoms with Crippen molar-refractivity contribution in [2.75, 3.05) is 48.3 Å². The number of aliphatic hydroxyl groups excluding tert-OH is 3. The van der Waals surface area contributed by atoms with Gasteiger partial charge in [0.25, 0.3) is 0 Å². The summed E-state index contributed by atoms with van der Waals surface area (Å²) in [5, 5.41) is 63.6. The molecule has 3 fully saturated rings. The number of hydrogen-bond acceptors (Lipinski definition) is 17. The summed E-state index contributed by atoms with van der Waals surface area (Å²) in [5.41, 5.74) is -4.49. The van der Waals surface area contributed by atoms with Gasteiger partial charge in [0, 0.05) is 44.4 Å². The van der Waals surface area contributed by atoms with Crippen LogP contribution >= 0.6 is 0 Å². The van der Waals surface area contributed by atoms with E-state index in [2.05, 4.69) is 5.16 Å². The molecular formula is C41H76N2O15. The SMILES string of the molecule is CCC1OC(=O)C(C)C(OC2C[C@@](C)(OC)C(O)C(C)O2)C(C)C(OC2OC(C)CC(N(C)C)C2O)[C@](C)(O)CC(C)C(=NOCOCCOC)C(C)C(O)[C@]1(C)O. The van der Waals surface area contributed by atoms with Gasteiger partial charge in [-0.15, -0.1) is 0 Å². The minimum absolute atomic E-state index is 0.0307. The Hall–Kier alpha value is -1.58. The zero-order valence-electron chi connectivity index (χ0n) is 37.3. The van der Waals surface area contributed by atoms with Crippen LogP contribution < -0.4 is 0 Å². The van der Waals surface area contributed by atoms with E-state index in [0.717, 1.165) is 0 Å². The standard InChI is InChI=1S/C41H76N2O15/c1-15-29-41(10,49)34(45)24(4)31(42-53-21-52-17-16-50-13)22(2)19-39(8,48)36(58-38-32(44)28(43(11)12)18-23(3)54-38)25(5)33(26(6)37(47)56-29)57-30-20-40(9,51-14)35(46)27(7)55-30/h22-30,32-36,38,44-46,48-49H,15-21H2,1-14H3/t22?,23?,24?,25?,26?,27?,28?,29?,30?,32?,33?,34?,35?,36?,38?,39-,40-,41-/m1/s1. The fourth-order valence-electron chi connectivity index (χ4n) is 8.93. The first kappa shape index (κ1) is 50.8. The minimum atomic E-state index is -1.97. The molecule has 340 valence electrons. The number of ether oxygens (including phenoxy) is 8. The van der Waals surface area contributed by atoms with Gasteiger partial charge in [0.05, 0.1) is 66.6 Å².